The SMILES string of the molecule is O=[N+]([O-])c1ccc(COc2ccccc2C(F)(F)F)cc1. The smallest absolute Gasteiger partial charge is 0.419 e. The van der Waals surface area contributed by atoms with Crippen LogP contribution in [0.5, 0.6) is 5.75 Å². The number of alkyl halides is 3. The zero-order chi connectivity index (χ0) is 15.5. The molecule has 0 saturated carbocycles. The standard InChI is InChI=1S/C14H10F3NO3/c15-14(16,17)12-3-1-2-4-13(12)21-9-10-5-7-11(8-6-10)18(19)20/h1-8H,9H2. The first-order valence-corrected chi connectivity index (χ1v) is 5.90. The van der Waals surface area contributed by atoms with Crippen molar-refractivity contribution >= 4 is 5.69 Å². The third-order valence-electron chi connectivity index (χ3n) is 2.73. The van der Waals surface area contributed by atoms with Gasteiger partial charge in [-0.25, -0.2) is 0 Å². The van der Waals surface area contributed by atoms with Gasteiger partial charge in [0.05, 0.1) is 10.5 Å². The third-order valence-corrected chi connectivity index (χ3v) is 2.73. The minimum absolute atomic E-state index is 0.0885. The topological polar surface area (TPSA) is 52.4 Å². The fourth-order valence-corrected chi connectivity index (χ4v) is 1.70. The van der Waals surface area contributed by atoms with Gasteiger partial charge in [0, 0.05) is 12.1 Å². The van der Waals surface area contributed by atoms with Crippen LogP contribution >= 0.6 is 0 Å². The molecule has 0 aliphatic carbocycles. The number of hydrogen-bond donors (Lipinski definition) is 0. The van der Waals surface area contributed by atoms with E-state index in [1.807, 2.05) is 0 Å². The van der Waals surface area contributed by atoms with Gasteiger partial charge in [-0.3, -0.25) is 10.1 Å². The number of nitro groups is 1. The van der Waals surface area contributed by atoms with Crippen molar-refractivity contribution in [3.8, 4) is 5.75 Å². The van der Waals surface area contributed by atoms with Gasteiger partial charge >= 0.3 is 6.18 Å². The normalized spacial score (nSPS) is 11.2. The fourth-order valence-electron chi connectivity index (χ4n) is 1.70. The molecule has 2 rings (SSSR count). The second-order valence-electron chi connectivity index (χ2n) is 4.21. The summed E-state index contributed by atoms with van der Waals surface area (Å²) < 4.78 is 43.4. The minimum Gasteiger partial charge on any atom is -0.488 e. The Labute approximate surface area is 117 Å². The Hall–Kier alpha value is -2.57. The van der Waals surface area contributed by atoms with Crippen molar-refractivity contribution in [3.63, 3.8) is 0 Å². The Balaban J connectivity index is 2.12. The monoisotopic (exact) mass is 297 g/mol. The number of benzene rings is 2. The lowest BCUT2D eigenvalue weighted by atomic mass is 10.2. The van der Waals surface area contributed by atoms with Crippen LogP contribution in [0.1, 0.15) is 11.1 Å². The van der Waals surface area contributed by atoms with E-state index in [1.165, 1.54) is 42.5 Å². The van der Waals surface area contributed by atoms with Crippen molar-refractivity contribution in [2.24, 2.45) is 0 Å². The Kier molecular flexibility index (Phi) is 4.11. The highest BCUT2D eigenvalue weighted by molar-refractivity contribution is 5.36. The molecule has 4 nitrogen and oxygen atoms in total. The summed E-state index contributed by atoms with van der Waals surface area (Å²) in [5.41, 5.74) is -0.404. The van der Waals surface area contributed by atoms with Gasteiger partial charge in [-0.1, -0.05) is 12.1 Å². The second kappa shape index (κ2) is 5.82. The van der Waals surface area contributed by atoms with E-state index in [1.54, 1.807) is 0 Å². The quantitative estimate of drug-likeness (QED) is 0.628. The van der Waals surface area contributed by atoms with E-state index >= 15 is 0 Å². The molecule has 0 radical (unpaired) electrons. The molecule has 0 unspecified atom stereocenters. The van der Waals surface area contributed by atoms with Crippen molar-refractivity contribution in [1.82, 2.24) is 0 Å². The lowest BCUT2D eigenvalue weighted by molar-refractivity contribution is -0.384. The predicted molar refractivity (Wildman–Crippen MR) is 68.9 cm³/mol. The number of para-hydroxylation sites is 1. The largest absolute Gasteiger partial charge is 0.488 e. The van der Waals surface area contributed by atoms with Crippen LogP contribution in [0.3, 0.4) is 0 Å². The summed E-state index contributed by atoms with van der Waals surface area (Å²) in [4.78, 5) is 9.94. The van der Waals surface area contributed by atoms with E-state index < -0.39 is 16.7 Å². The summed E-state index contributed by atoms with van der Waals surface area (Å²) in [5.74, 6) is -0.275. The summed E-state index contributed by atoms with van der Waals surface area (Å²) in [6.45, 7) is -0.106. The maximum atomic E-state index is 12.8. The van der Waals surface area contributed by atoms with E-state index in [-0.39, 0.29) is 18.0 Å². The molecule has 2 aromatic carbocycles. The van der Waals surface area contributed by atoms with Crippen molar-refractivity contribution in [3.05, 3.63) is 69.8 Å². The molecule has 21 heavy (non-hydrogen) atoms. The molecular weight excluding hydrogens is 287 g/mol. The highest BCUT2D eigenvalue weighted by Gasteiger charge is 2.33. The summed E-state index contributed by atoms with van der Waals surface area (Å²) >= 11 is 0. The van der Waals surface area contributed by atoms with E-state index in [4.69, 9.17) is 4.74 Å². The van der Waals surface area contributed by atoms with Crippen LogP contribution in [-0.2, 0) is 12.8 Å². The first-order valence-electron chi connectivity index (χ1n) is 5.90. The average molecular weight is 297 g/mol. The maximum Gasteiger partial charge on any atom is 0.419 e. The molecule has 110 valence electrons. The van der Waals surface area contributed by atoms with E-state index in [0.717, 1.165) is 6.07 Å². The van der Waals surface area contributed by atoms with Crippen molar-refractivity contribution in [2.75, 3.05) is 0 Å². The third kappa shape index (κ3) is 3.71. The molecule has 0 aliphatic heterocycles. The summed E-state index contributed by atoms with van der Waals surface area (Å²) in [6, 6.07) is 10.3. The summed E-state index contributed by atoms with van der Waals surface area (Å²) in [7, 11) is 0. The molecule has 0 amide bonds. The number of non-ortho nitro benzene ring substituents is 1. The first-order chi connectivity index (χ1) is 9.88. The van der Waals surface area contributed by atoms with Crippen LogP contribution in [0.2, 0.25) is 0 Å². The number of halogens is 3. The van der Waals surface area contributed by atoms with Crippen LogP contribution in [0.25, 0.3) is 0 Å². The van der Waals surface area contributed by atoms with E-state index in [9.17, 15) is 23.3 Å². The molecular formula is C14H10F3NO3. The van der Waals surface area contributed by atoms with Crippen molar-refractivity contribution in [1.29, 1.82) is 0 Å². The van der Waals surface area contributed by atoms with Crippen molar-refractivity contribution < 1.29 is 22.8 Å². The molecule has 0 saturated heterocycles. The van der Waals surface area contributed by atoms with E-state index in [2.05, 4.69) is 0 Å². The average Bonchev–Trinajstić information content (AvgIpc) is 2.45. The van der Waals surface area contributed by atoms with Crippen LogP contribution in [0, 0.1) is 10.1 Å². The highest BCUT2D eigenvalue weighted by atomic mass is 19.4. The number of hydrogen-bond acceptors (Lipinski definition) is 3. The lowest BCUT2D eigenvalue weighted by Crippen LogP contribution is -2.08. The highest BCUT2D eigenvalue weighted by Crippen LogP contribution is 2.36. The molecule has 0 aliphatic rings. The predicted octanol–water partition coefficient (Wildman–Crippen LogP) is 4.19. The molecule has 0 atom stereocenters. The summed E-state index contributed by atoms with van der Waals surface area (Å²) in [6.07, 6.45) is -4.49. The molecule has 0 N–H and O–H groups in total. The van der Waals surface area contributed by atoms with Crippen LogP contribution < -0.4 is 4.74 Å². The zero-order valence-corrected chi connectivity index (χ0v) is 10.6. The molecule has 0 aromatic heterocycles. The van der Waals surface area contributed by atoms with Gasteiger partial charge in [-0.15, -0.1) is 0 Å². The molecule has 0 fully saturated rings. The van der Waals surface area contributed by atoms with E-state index in [0.29, 0.717) is 5.56 Å². The number of rotatable bonds is 4. The fraction of sp³-hybridized carbons (Fsp3) is 0.143. The van der Waals surface area contributed by atoms with Crippen LogP contribution in [0.4, 0.5) is 18.9 Å². The Bertz CT molecular complexity index is 639. The maximum absolute atomic E-state index is 12.8. The van der Waals surface area contributed by atoms with Gasteiger partial charge in [0.15, 0.2) is 0 Å². The van der Waals surface area contributed by atoms with Gasteiger partial charge in [0.2, 0.25) is 0 Å². The number of nitrogens with zero attached hydrogens (tertiary/aromatic N) is 1. The molecule has 2 aromatic rings. The molecule has 0 heterocycles. The van der Waals surface area contributed by atoms with Gasteiger partial charge in [0.25, 0.3) is 5.69 Å². The molecule has 7 heteroatoms. The summed E-state index contributed by atoms with van der Waals surface area (Å²) in [5, 5.41) is 10.5. The Morgan fingerprint density at radius 3 is 2.24 bits per heavy atom. The first kappa shape index (κ1) is 14.8. The second-order valence-corrected chi connectivity index (χ2v) is 4.21. The van der Waals surface area contributed by atoms with Gasteiger partial charge < -0.3 is 4.74 Å². The molecule has 0 bridgehead atoms. The van der Waals surface area contributed by atoms with Crippen LogP contribution in [-0.4, -0.2) is 4.92 Å². The van der Waals surface area contributed by atoms with Crippen molar-refractivity contribution in [2.45, 2.75) is 12.8 Å². The number of nitro benzene ring substituents is 1. The minimum atomic E-state index is -4.49. The van der Waals surface area contributed by atoms with Gasteiger partial charge in [-0.05, 0) is 29.8 Å². The lowest BCUT2D eigenvalue weighted by Gasteiger charge is -2.13. The van der Waals surface area contributed by atoms with Gasteiger partial charge in [-0.2, -0.15) is 13.2 Å². The Morgan fingerprint density at radius 2 is 1.67 bits per heavy atom. The molecule has 0 spiro atoms. The zero-order valence-electron chi connectivity index (χ0n) is 10.6. The Morgan fingerprint density at radius 1 is 1.05 bits per heavy atom. The number of ether oxygens (including phenoxy) is 1. The van der Waals surface area contributed by atoms with Gasteiger partial charge in [0.1, 0.15) is 12.4 Å². The van der Waals surface area contributed by atoms with Crippen LogP contribution in [0.15, 0.2) is 48.5 Å².